The quantitative estimate of drug-likeness (QED) is 0.671. The first-order chi connectivity index (χ1) is 9.24. The van der Waals surface area contributed by atoms with Gasteiger partial charge in [-0.25, -0.2) is 0 Å². The van der Waals surface area contributed by atoms with Crippen LogP contribution < -0.4 is 10.1 Å². The van der Waals surface area contributed by atoms with Gasteiger partial charge in [0.05, 0.1) is 26.3 Å². The van der Waals surface area contributed by atoms with Crippen LogP contribution in [0.4, 0.5) is 0 Å². The molecule has 0 aliphatic heterocycles. The van der Waals surface area contributed by atoms with E-state index in [0.717, 1.165) is 55.5 Å². The van der Waals surface area contributed by atoms with Gasteiger partial charge in [-0.15, -0.1) is 0 Å². The maximum absolute atomic E-state index is 5.90. The van der Waals surface area contributed by atoms with Crippen LogP contribution in [-0.4, -0.2) is 33.4 Å². The van der Waals surface area contributed by atoms with Gasteiger partial charge in [0.25, 0.3) is 0 Å². The van der Waals surface area contributed by atoms with E-state index in [4.69, 9.17) is 21.1 Å². The average molecular weight is 287 g/mol. The van der Waals surface area contributed by atoms with Crippen LogP contribution in [0.3, 0.4) is 0 Å². The molecule has 0 saturated carbocycles. The highest BCUT2D eigenvalue weighted by Crippen LogP contribution is 2.21. The van der Waals surface area contributed by atoms with Crippen LogP contribution in [0, 0.1) is 6.92 Å². The molecule has 0 amide bonds. The van der Waals surface area contributed by atoms with Gasteiger partial charge >= 0.3 is 0 Å². The standard InChI is InChI=1S/C15H24ClNO2/c1-13-12-14(16)6-7-15(13)19-11-4-3-8-17-9-5-10-18-2/h6-7,12,17H,3-5,8-11H2,1-2H3/p+1. The molecule has 2 N–H and O–H groups in total. The lowest BCUT2D eigenvalue weighted by atomic mass is 10.2. The fraction of sp³-hybridized carbons (Fsp3) is 0.600. The summed E-state index contributed by atoms with van der Waals surface area (Å²) in [7, 11) is 1.75. The Morgan fingerprint density at radius 3 is 2.63 bits per heavy atom. The Bertz CT molecular complexity index is 358. The van der Waals surface area contributed by atoms with Crippen LogP contribution >= 0.6 is 11.6 Å². The molecular formula is C15H25ClNO2+. The van der Waals surface area contributed by atoms with E-state index in [1.807, 2.05) is 25.1 Å². The van der Waals surface area contributed by atoms with Crippen LogP contribution in [0.2, 0.25) is 5.02 Å². The van der Waals surface area contributed by atoms with Gasteiger partial charge < -0.3 is 14.8 Å². The molecule has 108 valence electrons. The highest BCUT2D eigenvalue weighted by molar-refractivity contribution is 6.30. The van der Waals surface area contributed by atoms with E-state index in [1.165, 1.54) is 6.42 Å². The molecule has 0 radical (unpaired) electrons. The maximum atomic E-state index is 5.90. The zero-order valence-corrected chi connectivity index (χ0v) is 12.7. The molecule has 0 aliphatic rings. The van der Waals surface area contributed by atoms with Crippen molar-refractivity contribution in [2.24, 2.45) is 0 Å². The molecule has 0 bridgehead atoms. The van der Waals surface area contributed by atoms with Gasteiger partial charge in [-0.05, 0) is 43.5 Å². The average Bonchev–Trinajstić information content (AvgIpc) is 2.39. The summed E-state index contributed by atoms with van der Waals surface area (Å²) in [6, 6.07) is 5.74. The van der Waals surface area contributed by atoms with Gasteiger partial charge in [-0.3, -0.25) is 0 Å². The molecule has 0 saturated heterocycles. The lowest BCUT2D eigenvalue weighted by Crippen LogP contribution is -2.84. The second-order valence-corrected chi connectivity index (χ2v) is 5.11. The van der Waals surface area contributed by atoms with Gasteiger partial charge in [0.1, 0.15) is 5.75 Å². The van der Waals surface area contributed by atoms with Crippen molar-refractivity contribution in [3.05, 3.63) is 28.8 Å². The summed E-state index contributed by atoms with van der Waals surface area (Å²) in [6.45, 7) is 5.95. The van der Waals surface area contributed by atoms with Crippen molar-refractivity contribution in [2.75, 3.05) is 33.4 Å². The van der Waals surface area contributed by atoms with Gasteiger partial charge in [0.15, 0.2) is 0 Å². The van der Waals surface area contributed by atoms with E-state index in [-0.39, 0.29) is 0 Å². The third kappa shape index (κ3) is 7.41. The van der Waals surface area contributed by atoms with Gasteiger partial charge in [0.2, 0.25) is 0 Å². The molecule has 19 heavy (non-hydrogen) atoms. The second-order valence-electron chi connectivity index (χ2n) is 4.68. The van der Waals surface area contributed by atoms with Crippen molar-refractivity contribution in [2.45, 2.75) is 26.2 Å². The highest BCUT2D eigenvalue weighted by atomic mass is 35.5. The number of unbranched alkanes of at least 4 members (excludes halogenated alkanes) is 1. The summed E-state index contributed by atoms with van der Waals surface area (Å²) >= 11 is 5.90. The summed E-state index contributed by atoms with van der Waals surface area (Å²) < 4.78 is 10.8. The minimum absolute atomic E-state index is 0.760. The minimum atomic E-state index is 0.760. The lowest BCUT2D eigenvalue weighted by molar-refractivity contribution is -0.655. The Morgan fingerprint density at radius 2 is 1.89 bits per heavy atom. The number of ether oxygens (including phenoxy) is 2. The fourth-order valence-electron chi connectivity index (χ4n) is 1.86. The summed E-state index contributed by atoms with van der Waals surface area (Å²) in [5.41, 5.74) is 1.10. The van der Waals surface area contributed by atoms with E-state index in [9.17, 15) is 0 Å². The molecule has 3 nitrogen and oxygen atoms in total. The second kappa shape index (κ2) is 10.1. The van der Waals surface area contributed by atoms with E-state index in [0.29, 0.717) is 0 Å². The van der Waals surface area contributed by atoms with Crippen LogP contribution in [0.1, 0.15) is 24.8 Å². The Kier molecular flexibility index (Phi) is 8.63. The zero-order chi connectivity index (χ0) is 13.9. The number of halogens is 1. The minimum Gasteiger partial charge on any atom is -0.493 e. The van der Waals surface area contributed by atoms with Gasteiger partial charge in [0, 0.05) is 18.6 Å². The zero-order valence-electron chi connectivity index (χ0n) is 12.0. The van der Waals surface area contributed by atoms with Crippen molar-refractivity contribution in [1.82, 2.24) is 0 Å². The number of rotatable bonds is 10. The van der Waals surface area contributed by atoms with Crippen molar-refractivity contribution < 1.29 is 14.8 Å². The van der Waals surface area contributed by atoms with E-state index < -0.39 is 0 Å². The van der Waals surface area contributed by atoms with Crippen LogP contribution in [0.25, 0.3) is 0 Å². The number of quaternary nitrogens is 1. The third-order valence-corrected chi connectivity index (χ3v) is 3.19. The molecular weight excluding hydrogens is 262 g/mol. The first-order valence-electron chi connectivity index (χ1n) is 6.93. The molecule has 0 aliphatic carbocycles. The predicted octanol–water partition coefficient (Wildman–Crippen LogP) is 2.41. The number of benzene rings is 1. The number of hydrogen-bond donors (Lipinski definition) is 1. The van der Waals surface area contributed by atoms with Crippen molar-refractivity contribution in [1.29, 1.82) is 0 Å². The first kappa shape index (κ1) is 16.3. The lowest BCUT2D eigenvalue weighted by Gasteiger charge is -2.09. The Labute approximate surface area is 121 Å². The van der Waals surface area contributed by atoms with E-state index >= 15 is 0 Å². The molecule has 0 spiro atoms. The molecule has 1 rings (SSSR count). The normalized spacial score (nSPS) is 10.7. The molecule has 0 atom stereocenters. The number of nitrogens with two attached hydrogens (primary N) is 1. The smallest absolute Gasteiger partial charge is 0.122 e. The van der Waals surface area contributed by atoms with Crippen LogP contribution in [0.15, 0.2) is 18.2 Å². The van der Waals surface area contributed by atoms with E-state index in [1.54, 1.807) is 7.11 Å². The SMILES string of the molecule is COCCC[NH2+]CCCCOc1ccc(Cl)cc1C. The topological polar surface area (TPSA) is 35.1 Å². The number of aryl methyl sites for hydroxylation is 1. The molecule has 0 unspecified atom stereocenters. The highest BCUT2D eigenvalue weighted by Gasteiger charge is 2.00. The fourth-order valence-corrected chi connectivity index (χ4v) is 2.09. The predicted molar refractivity (Wildman–Crippen MR) is 79.1 cm³/mol. The first-order valence-corrected chi connectivity index (χ1v) is 7.31. The molecule has 0 heterocycles. The van der Waals surface area contributed by atoms with Gasteiger partial charge in [-0.2, -0.15) is 0 Å². The number of hydrogen-bond acceptors (Lipinski definition) is 2. The van der Waals surface area contributed by atoms with Crippen molar-refractivity contribution in [3.8, 4) is 5.75 Å². The molecule has 0 fully saturated rings. The van der Waals surface area contributed by atoms with Crippen LogP contribution in [-0.2, 0) is 4.74 Å². The Morgan fingerprint density at radius 1 is 1.11 bits per heavy atom. The largest absolute Gasteiger partial charge is 0.493 e. The van der Waals surface area contributed by atoms with Crippen molar-refractivity contribution >= 4 is 11.6 Å². The summed E-state index contributed by atoms with van der Waals surface area (Å²) in [6.07, 6.45) is 3.39. The molecule has 4 heteroatoms. The maximum Gasteiger partial charge on any atom is 0.122 e. The molecule has 0 aromatic heterocycles. The van der Waals surface area contributed by atoms with Crippen molar-refractivity contribution in [3.63, 3.8) is 0 Å². The molecule has 1 aromatic rings. The monoisotopic (exact) mass is 286 g/mol. The molecule has 1 aromatic carbocycles. The Balaban J connectivity index is 2.01. The van der Waals surface area contributed by atoms with E-state index in [2.05, 4.69) is 5.32 Å². The van der Waals surface area contributed by atoms with Crippen LogP contribution in [0.5, 0.6) is 5.75 Å². The Hall–Kier alpha value is -0.770. The third-order valence-electron chi connectivity index (χ3n) is 2.95. The van der Waals surface area contributed by atoms with Gasteiger partial charge in [-0.1, -0.05) is 11.6 Å². The summed E-state index contributed by atoms with van der Waals surface area (Å²) in [5.74, 6) is 0.938. The summed E-state index contributed by atoms with van der Waals surface area (Å²) in [5, 5.41) is 3.10. The summed E-state index contributed by atoms with van der Waals surface area (Å²) in [4.78, 5) is 0. The number of methoxy groups -OCH3 is 1.